The summed E-state index contributed by atoms with van der Waals surface area (Å²) in [6.07, 6.45) is 2.15. The van der Waals surface area contributed by atoms with Gasteiger partial charge in [0.05, 0.1) is 25.4 Å². The van der Waals surface area contributed by atoms with Crippen LogP contribution in [0.1, 0.15) is 21.7 Å². The predicted octanol–water partition coefficient (Wildman–Crippen LogP) is 3.68. The van der Waals surface area contributed by atoms with Crippen LogP contribution in [-0.4, -0.2) is 29.2 Å². The number of aryl methyl sites for hydroxylation is 2. The van der Waals surface area contributed by atoms with Crippen LogP contribution in [0.25, 0.3) is 10.2 Å². The molecule has 3 rings (SSSR count). The fourth-order valence-corrected chi connectivity index (χ4v) is 3.75. The highest BCUT2D eigenvalue weighted by molar-refractivity contribution is 7.20. The van der Waals surface area contributed by atoms with Gasteiger partial charge in [0, 0.05) is 11.6 Å². The number of methoxy groups -OCH3 is 1. The van der Waals surface area contributed by atoms with Crippen molar-refractivity contribution in [1.82, 2.24) is 9.55 Å². The van der Waals surface area contributed by atoms with Crippen LogP contribution in [-0.2, 0) is 11.3 Å². The Morgan fingerprint density at radius 3 is 2.73 bits per heavy atom. The zero-order valence-corrected chi connectivity index (χ0v) is 15.9. The molecule has 0 unspecified atom stereocenters. The minimum absolute atomic E-state index is 0.162. The minimum atomic E-state index is -0.451. The summed E-state index contributed by atoms with van der Waals surface area (Å²) in [4.78, 5) is 29.8. The molecular formula is C18H17ClN2O4S. The highest BCUT2D eigenvalue weighted by atomic mass is 35.5. The number of hydrogen-bond acceptors (Lipinski definition) is 6. The summed E-state index contributed by atoms with van der Waals surface area (Å²) >= 11 is 7.00. The van der Waals surface area contributed by atoms with Crippen molar-refractivity contribution < 1.29 is 14.3 Å². The maximum absolute atomic E-state index is 12.7. The van der Waals surface area contributed by atoms with Gasteiger partial charge >= 0.3 is 5.97 Å². The first-order valence-electron chi connectivity index (χ1n) is 7.96. The second kappa shape index (κ2) is 7.88. The first-order chi connectivity index (χ1) is 12.5. The molecule has 0 saturated carbocycles. The Labute approximate surface area is 159 Å². The van der Waals surface area contributed by atoms with E-state index in [2.05, 4.69) is 4.98 Å². The topological polar surface area (TPSA) is 70.4 Å². The van der Waals surface area contributed by atoms with Crippen molar-refractivity contribution in [1.29, 1.82) is 0 Å². The number of hydrogen-bond donors (Lipinski definition) is 0. The number of carbonyl (C=O) groups excluding carboxylic acids is 1. The summed E-state index contributed by atoms with van der Waals surface area (Å²) in [5.41, 5.74) is 0.450. The van der Waals surface area contributed by atoms with E-state index in [0.29, 0.717) is 45.3 Å². The molecule has 136 valence electrons. The molecule has 0 saturated heterocycles. The number of nitrogens with zero attached hydrogens (tertiary/aromatic N) is 2. The lowest BCUT2D eigenvalue weighted by atomic mass is 10.2. The molecule has 0 atom stereocenters. The molecular weight excluding hydrogens is 376 g/mol. The number of carbonyl (C=O) groups is 1. The van der Waals surface area contributed by atoms with Gasteiger partial charge in [-0.05, 0) is 43.2 Å². The van der Waals surface area contributed by atoms with E-state index in [1.807, 2.05) is 0 Å². The third kappa shape index (κ3) is 3.73. The van der Waals surface area contributed by atoms with Gasteiger partial charge in [-0.2, -0.15) is 0 Å². The molecule has 0 fully saturated rings. The predicted molar refractivity (Wildman–Crippen MR) is 102 cm³/mol. The van der Waals surface area contributed by atoms with Crippen LogP contribution in [0.5, 0.6) is 5.75 Å². The molecule has 6 nitrogen and oxygen atoms in total. The molecule has 0 aliphatic carbocycles. The van der Waals surface area contributed by atoms with Crippen molar-refractivity contribution in [2.45, 2.75) is 19.9 Å². The first-order valence-corrected chi connectivity index (χ1v) is 9.16. The third-order valence-electron chi connectivity index (χ3n) is 3.91. The average molecular weight is 393 g/mol. The van der Waals surface area contributed by atoms with Crippen molar-refractivity contribution in [2.75, 3.05) is 13.7 Å². The Morgan fingerprint density at radius 2 is 2.04 bits per heavy atom. The highest BCUT2D eigenvalue weighted by Crippen LogP contribution is 2.27. The normalized spacial score (nSPS) is 10.9. The minimum Gasteiger partial charge on any atom is -0.494 e. The van der Waals surface area contributed by atoms with E-state index >= 15 is 0 Å². The lowest BCUT2D eigenvalue weighted by Crippen LogP contribution is -2.21. The van der Waals surface area contributed by atoms with Crippen LogP contribution in [0.4, 0.5) is 0 Å². The van der Waals surface area contributed by atoms with Crippen molar-refractivity contribution >= 4 is 39.1 Å². The number of ether oxygens (including phenoxy) is 2. The van der Waals surface area contributed by atoms with Crippen LogP contribution < -0.4 is 10.3 Å². The van der Waals surface area contributed by atoms with E-state index in [0.717, 1.165) is 5.75 Å². The van der Waals surface area contributed by atoms with Gasteiger partial charge in [0.1, 0.15) is 15.5 Å². The Bertz CT molecular complexity index is 995. The average Bonchev–Trinajstić information content (AvgIpc) is 2.98. The molecule has 0 radical (unpaired) electrons. The molecule has 26 heavy (non-hydrogen) atoms. The van der Waals surface area contributed by atoms with Gasteiger partial charge in [-0.25, -0.2) is 9.78 Å². The number of thiophene rings is 1. The maximum Gasteiger partial charge on any atom is 0.348 e. The molecule has 3 aromatic rings. The molecule has 8 heteroatoms. The maximum atomic E-state index is 12.7. The number of benzene rings is 1. The summed E-state index contributed by atoms with van der Waals surface area (Å²) in [5.74, 6) is 0.277. The molecule has 0 bridgehead atoms. The van der Waals surface area contributed by atoms with E-state index in [4.69, 9.17) is 21.1 Å². The van der Waals surface area contributed by atoms with Gasteiger partial charge in [0.2, 0.25) is 0 Å². The molecule has 0 amide bonds. The number of fused-ring (bicyclic) bond motifs is 1. The number of aromatic nitrogens is 2. The van der Waals surface area contributed by atoms with Crippen LogP contribution in [0, 0.1) is 6.92 Å². The zero-order valence-electron chi connectivity index (χ0n) is 14.3. The van der Waals surface area contributed by atoms with Gasteiger partial charge in [-0.3, -0.25) is 9.36 Å². The lowest BCUT2D eigenvalue weighted by Gasteiger charge is -2.08. The molecule has 0 aliphatic rings. The smallest absolute Gasteiger partial charge is 0.348 e. The van der Waals surface area contributed by atoms with Gasteiger partial charge in [0.25, 0.3) is 5.56 Å². The van der Waals surface area contributed by atoms with Gasteiger partial charge in [-0.15, -0.1) is 11.3 Å². The van der Waals surface area contributed by atoms with Gasteiger partial charge in [-0.1, -0.05) is 11.6 Å². The number of esters is 1. The largest absolute Gasteiger partial charge is 0.494 e. The lowest BCUT2D eigenvalue weighted by molar-refractivity contribution is 0.0605. The Balaban J connectivity index is 1.71. The monoisotopic (exact) mass is 392 g/mol. The SMILES string of the molecule is COC(=O)c1sc2ncn(CCCOc3ccc(Cl)cc3)c(=O)c2c1C. The van der Waals surface area contributed by atoms with E-state index in [9.17, 15) is 9.59 Å². The summed E-state index contributed by atoms with van der Waals surface area (Å²) in [6.45, 7) is 2.67. The first kappa shape index (κ1) is 18.4. The Kier molecular flexibility index (Phi) is 5.58. The number of halogens is 1. The second-order valence-electron chi connectivity index (χ2n) is 5.63. The molecule has 0 spiro atoms. The van der Waals surface area contributed by atoms with Crippen LogP contribution in [0.3, 0.4) is 0 Å². The molecule has 0 aliphatic heterocycles. The van der Waals surface area contributed by atoms with E-state index < -0.39 is 5.97 Å². The second-order valence-corrected chi connectivity index (χ2v) is 7.06. The van der Waals surface area contributed by atoms with E-state index in [1.54, 1.807) is 31.2 Å². The molecule has 1 aromatic carbocycles. The Morgan fingerprint density at radius 1 is 1.31 bits per heavy atom. The quantitative estimate of drug-likeness (QED) is 0.472. The van der Waals surface area contributed by atoms with Crippen LogP contribution in [0.15, 0.2) is 35.4 Å². The summed E-state index contributed by atoms with van der Waals surface area (Å²) in [7, 11) is 1.32. The fourth-order valence-electron chi connectivity index (χ4n) is 2.56. The van der Waals surface area contributed by atoms with Crippen molar-refractivity contribution in [3.63, 3.8) is 0 Å². The van der Waals surface area contributed by atoms with Gasteiger partial charge in [0.15, 0.2) is 0 Å². The number of rotatable bonds is 6. The van der Waals surface area contributed by atoms with E-state index in [1.165, 1.54) is 29.3 Å². The summed E-state index contributed by atoms with van der Waals surface area (Å²) in [5, 5.41) is 1.12. The van der Waals surface area contributed by atoms with Crippen LogP contribution >= 0.6 is 22.9 Å². The molecule has 2 aromatic heterocycles. The molecule has 0 N–H and O–H groups in total. The fraction of sp³-hybridized carbons (Fsp3) is 0.278. The standard InChI is InChI=1S/C18H17ClN2O4S/c1-11-14-16(26-15(11)18(23)24-2)20-10-21(17(14)22)8-3-9-25-13-6-4-12(19)5-7-13/h4-7,10H,3,8-9H2,1-2H3. The van der Waals surface area contributed by atoms with E-state index in [-0.39, 0.29) is 5.56 Å². The van der Waals surface area contributed by atoms with Crippen molar-refractivity contribution in [3.05, 3.63) is 56.4 Å². The summed E-state index contributed by atoms with van der Waals surface area (Å²) < 4.78 is 11.9. The third-order valence-corrected chi connectivity index (χ3v) is 5.35. The van der Waals surface area contributed by atoms with Crippen LogP contribution in [0.2, 0.25) is 5.02 Å². The Hall–Kier alpha value is -2.38. The molecule has 2 heterocycles. The van der Waals surface area contributed by atoms with Gasteiger partial charge < -0.3 is 9.47 Å². The zero-order chi connectivity index (χ0) is 18.7. The van der Waals surface area contributed by atoms with Crippen molar-refractivity contribution in [2.24, 2.45) is 0 Å². The highest BCUT2D eigenvalue weighted by Gasteiger charge is 2.19. The van der Waals surface area contributed by atoms with Crippen molar-refractivity contribution in [3.8, 4) is 5.75 Å². The summed E-state index contributed by atoms with van der Waals surface area (Å²) in [6, 6.07) is 7.12.